The number of ether oxygens (including phenoxy) is 1. The molecule has 1 N–H and O–H groups in total. The van der Waals surface area contributed by atoms with Gasteiger partial charge in [-0.15, -0.1) is 0 Å². The van der Waals surface area contributed by atoms with Crippen LogP contribution in [-0.4, -0.2) is 22.2 Å². The van der Waals surface area contributed by atoms with Gasteiger partial charge in [-0.3, -0.25) is 4.79 Å². The summed E-state index contributed by atoms with van der Waals surface area (Å²) in [7, 11) is 0. The Morgan fingerprint density at radius 3 is 2.52 bits per heavy atom. The van der Waals surface area contributed by atoms with Gasteiger partial charge in [-0.2, -0.15) is 0 Å². The molecule has 0 amide bonds. The zero-order valence-corrected chi connectivity index (χ0v) is 16.1. The standard InChI is InChI=1S/C21H21N3O2S/c1-15-14-19(24-21(22-15)27-2)23-17-9-11-18(12-10-17)26-20(25)13-8-16-6-4-3-5-7-16/h3-7,9-12,14H,8,13H2,1-2H3,(H,22,23,24). The van der Waals surface area contributed by atoms with Crippen molar-refractivity contribution in [1.29, 1.82) is 0 Å². The third-order valence-electron chi connectivity index (χ3n) is 3.84. The zero-order chi connectivity index (χ0) is 19.1. The highest BCUT2D eigenvalue weighted by molar-refractivity contribution is 7.98. The number of aromatic nitrogens is 2. The first-order valence-corrected chi connectivity index (χ1v) is 9.86. The summed E-state index contributed by atoms with van der Waals surface area (Å²) in [6.07, 6.45) is 2.96. The first kappa shape index (κ1) is 18.9. The van der Waals surface area contributed by atoms with Gasteiger partial charge in [0.15, 0.2) is 5.16 Å². The lowest BCUT2D eigenvalue weighted by Crippen LogP contribution is -2.09. The van der Waals surface area contributed by atoms with Gasteiger partial charge in [0.25, 0.3) is 0 Å². The number of benzene rings is 2. The fourth-order valence-corrected chi connectivity index (χ4v) is 2.95. The molecule has 0 saturated carbocycles. The molecule has 0 radical (unpaired) electrons. The second-order valence-corrected chi connectivity index (χ2v) is 6.76. The van der Waals surface area contributed by atoms with Crippen LogP contribution in [0.5, 0.6) is 5.75 Å². The van der Waals surface area contributed by atoms with E-state index in [1.807, 2.05) is 61.7 Å². The highest BCUT2D eigenvalue weighted by atomic mass is 32.2. The van der Waals surface area contributed by atoms with Crippen molar-refractivity contribution in [2.24, 2.45) is 0 Å². The SMILES string of the molecule is CSc1nc(C)cc(Nc2ccc(OC(=O)CCc3ccccc3)cc2)n1. The molecular formula is C21H21N3O2S. The molecule has 0 atom stereocenters. The fraction of sp³-hybridized carbons (Fsp3) is 0.190. The van der Waals surface area contributed by atoms with Gasteiger partial charge in [-0.1, -0.05) is 42.1 Å². The quantitative estimate of drug-likeness (QED) is 0.276. The molecule has 0 bridgehead atoms. The van der Waals surface area contributed by atoms with E-state index in [9.17, 15) is 4.79 Å². The van der Waals surface area contributed by atoms with Crippen LogP contribution in [-0.2, 0) is 11.2 Å². The van der Waals surface area contributed by atoms with Gasteiger partial charge >= 0.3 is 5.97 Å². The number of hydrogen-bond acceptors (Lipinski definition) is 6. The monoisotopic (exact) mass is 379 g/mol. The molecule has 0 aliphatic rings. The predicted octanol–water partition coefficient (Wildman–Crippen LogP) is 4.79. The molecule has 3 aromatic rings. The smallest absolute Gasteiger partial charge is 0.311 e. The molecule has 0 aliphatic heterocycles. The van der Waals surface area contributed by atoms with E-state index in [2.05, 4.69) is 15.3 Å². The van der Waals surface area contributed by atoms with Crippen LogP contribution in [0.25, 0.3) is 0 Å². The van der Waals surface area contributed by atoms with Crippen molar-refractivity contribution < 1.29 is 9.53 Å². The summed E-state index contributed by atoms with van der Waals surface area (Å²) in [6, 6.07) is 19.0. The molecule has 0 unspecified atom stereocenters. The van der Waals surface area contributed by atoms with Crippen LogP contribution in [0.15, 0.2) is 65.8 Å². The average molecular weight is 379 g/mol. The molecule has 138 valence electrons. The van der Waals surface area contributed by atoms with Crippen LogP contribution in [0.2, 0.25) is 0 Å². The summed E-state index contributed by atoms with van der Waals surface area (Å²) in [5, 5.41) is 3.97. The van der Waals surface area contributed by atoms with Gasteiger partial charge in [0.05, 0.1) is 0 Å². The van der Waals surface area contributed by atoms with Crippen molar-refractivity contribution in [3.63, 3.8) is 0 Å². The minimum absolute atomic E-state index is 0.240. The van der Waals surface area contributed by atoms with Gasteiger partial charge in [-0.05, 0) is 49.4 Å². The molecule has 0 saturated heterocycles. The van der Waals surface area contributed by atoms with E-state index in [1.54, 1.807) is 12.1 Å². The maximum Gasteiger partial charge on any atom is 0.311 e. The van der Waals surface area contributed by atoms with Gasteiger partial charge in [0.1, 0.15) is 11.6 Å². The van der Waals surface area contributed by atoms with Crippen LogP contribution in [0.3, 0.4) is 0 Å². The van der Waals surface area contributed by atoms with E-state index in [0.717, 1.165) is 27.9 Å². The van der Waals surface area contributed by atoms with Crippen molar-refractivity contribution >= 4 is 29.2 Å². The molecule has 1 heterocycles. The van der Waals surface area contributed by atoms with Crippen molar-refractivity contribution in [3.05, 3.63) is 71.9 Å². The lowest BCUT2D eigenvalue weighted by Gasteiger charge is -2.09. The summed E-state index contributed by atoms with van der Waals surface area (Å²) in [4.78, 5) is 20.8. The number of rotatable bonds is 7. The van der Waals surface area contributed by atoms with Gasteiger partial charge < -0.3 is 10.1 Å². The summed E-state index contributed by atoms with van der Waals surface area (Å²) in [5.74, 6) is 1.03. The number of carbonyl (C=O) groups excluding carboxylic acids is 1. The largest absolute Gasteiger partial charge is 0.427 e. The fourth-order valence-electron chi connectivity index (χ4n) is 2.52. The average Bonchev–Trinajstić information content (AvgIpc) is 2.68. The number of anilines is 2. The molecular weight excluding hydrogens is 358 g/mol. The van der Waals surface area contributed by atoms with Crippen molar-refractivity contribution in [2.75, 3.05) is 11.6 Å². The van der Waals surface area contributed by atoms with Crippen molar-refractivity contribution in [3.8, 4) is 5.75 Å². The Morgan fingerprint density at radius 1 is 1.07 bits per heavy atom. The first-order chi connectivity index (χ1) is 13.1. The van der Waals surface area contributed by atoms with E-state index >= 15 is 0 Å². The first-order valence-electron chi connectivity index (χ1n) is 8.64. The second kappa shape index (κ2) is 9.19. The van der Waals surface area contributed by atoms with Crippen LogP contribution < -0.4 is 10.1 Å². The lowest BCUT2D eigenvalue weighted by atomic mass is 10.1. The number of nitrogens with one attached hydrogen (secondary N) is 1. The van der Waals surface area contributed by atoms with Crippen LogP contribution in [0.1, 0.15) is 17.7 Å². The Hall–Kier alpha value is -2.86. The van der Waals surface area contributed by atoms with Gasteiger partial charge in [0, 0.05) is 23.9 Å². The van der Waals surface area contributed by atoms with Gasteiger partial charge in [0.2, 0.25) is 0 Å². The summed E-state index contributed by atoms with van der Waals surface area (Å²) in [5.41, 5.74) is 2.89. The minimum atomic E-state index is -0.240. The molecule has 5 nitrogen and oxygen atoms in total. The van der Waals surface area contributed by atoms with Crippen LogP contribution >= 0.6 is 11.8 Å². The third kappa shape index (κ3) is 5.82. The second-order valence-electron chi connectivity index (χ2n) is 5.99. The Balaban J connectivity index is 1.55. The Kier molecular flexibility index (Phi) is 6.44. The van der Waals surface area contributed by atoms with Crippen molar-refractivity contribution in [1.82, 2.24) is 9.97 Å². The topological polar surface area (TPSA) is 64.1 Å². The Morgan fingerprint density at radius 2 is 1.81 bits per heavy atom. The number of carbonyl (C=O) groups is 1. The van der Waals surface area contributed by atoms with Gasteiger partial charge in [-0.25, -0.2) is 9.97 Å². The Bertz CT molecular complexity index is 899. The predicted molar refractivity (Wildman–Crippen MR) is 109 cm³/mol. The number of aryl methyl sites for hydroxylation is 2. The third-order valence-corrected chi connectivity index (χ3v) is 4.38. The van der Waals surface area contributed by atoms with Crippen LogP contribution in [0, 0.1) is 6.92 Å². The summed E-state index contributed by atoms with van der Waals surface area (Å²) >= 11 is 1.50. The maximum atomic E-state index is 12.0. The van der Waals surface area contributed by atoms with Crippen LogP contribution in [0.4, 0.5) is 11.5 Å². The molecule has 1 aromatic heterocycles. The molecule has 0 aliphatic carbocycles. The zero-order valence-electron chi connectivity index (χ0n) is 15.3. The highest BCUT2D eigenvalue weighted by Crippen LogP contribution is 2.21. The minimum Gasteiger partial charge on any atom is -0.427 e. The molecule has 0 spiro atoms. The Labute approximate surface area is 163 Å². The molecule has 27 heavy (non-hydrogen) atoms. The number of esters is 1. The molecule has 3 rings (SSSR count). The maximum absolute atomic E-state index is 12.0. The van der Waals surface area contributed by atoms with E-state index in [4.69, 9.17) is 4.74 Å². The number of thioether (sulfide) groups is 1. The number of nitrogens with zero attached hydrogens (tertiary/aromatic N) is 2. The lowest BCUT2D eigenvalue weighted by molar-refractivity contribution is -0.134. The molecule has 0 fully saturated rings. The number of hydrogen-bond donors (Lipinski definition) is 1. The normalized spacial score (nSPS) is 10.4. The van der Waals surface area contributed by atoms with E-state index in [-0.39, 0.29) is 5.97 Å². The summed E-state index contributed by atoms with van der Waals surface area (Å²) in [6.45, 7) is 1.94. The highest BCUT2D eigenvalue weighted by Gasteiger charge is 2.06. The van der Waals surface area contributed by atoms with E-state index in [1.165, 1.54) is 11.8 Å². The molecule has 6 heteroatoms. The molecule has 2 aromatic carbocycles. The van der Waals surface area contributed by atoms with E-state index < -0.39 is 0 Å². The summed E-state index contributed by atoms with van der Waals surface area (Å²) < 4.78 is 5.40. The van der Waals surface area contributed by atoms with Crippen molar-refractivity contribution in [2.45, 2.75) is 24.9 Å². The van der Waals surface area contributed by atoms with E-state index in [0.29, 0.717) is 18.6 Å².